The van der Waals surface area contributed by atoms with Crippen molar-refractivity contribution >= 4 is 0 Å². The summed E-state index contributed by atoms with van der Waals surface area (Å²) in [4.78, 5) is 1.96. The van der Waals surface area contributed by atoms with Gasteiger partial charge in [-0.05, 0) is 18.3 Å². The minimum atomic E-state index is -2.60. The van der Waals surface area contributed by atoms with E-state index < -0.39 is 12.5 Å². The van der Waals surface area contributed by atoms with Gasteiger partial charge >= 0.3 is 0 Å². The van der Waals surface area contributed by atoms with Gasteiger partial charge in [0.25, 0.3) is 6.43 Å². The lowest BCUT2D eigenvalue weighted by Crippen LogP contribution is -2.59. The van der Waals surface area contributed by atoms with Gasteiger partial charge < -0.3 is 5.11 Å². The average molecular weight is 219 g/mol. The molecule has 0 radical (unpaired) electrons. The maximum Gasteiger partial charge on any atom is 0.265 e. The molecular weight excluding hydrogens is 200 g/mol. The zero-order valence-electron chi connectivity index (χ0n) is 8.96. The van der Waals surface area contributed by atoms with Crippen LogP contribution in [0.3, 0.4) is 0 Å². The third-order valence-corrected chi connectivity index (χ3v) is 3.77. The van der Waals surface area contributed by atoms with E-state index in [9.17, 15) is 8.78 Å². The lowest BCUT2D eigenvalue weighted by molar-refractivity contribution is -0.0813. The van der Waals surface area contributed by atoms with Crippen LogP contribution in [0.15, 0.2) is 0 Å². The molecule has 0 aromatic rings. The summed E-state index contributed by atoms with van der Waals surface area (Å²) >= 11 is 0. The quantitative estimate of drug-likeness (QED) is 0.783. The van der Waals surface area contributed by atoms with Gasteiger partial charge in [0, 0.05) is 19.6 Å². The Morgan fingerprint density at radius 3 is 2.27 bits per heavy atom. The van der Waals surface area contributed by atoms with E-state index in [2.05, 4.69) is 0 Å². The smallest absolute Gasteiger partial charge is 0.265 e. The lowest BCUT2D eigenvalue weighted by atomic mass is 9.68. The first-order valence-electron chi connectivity index (χ1n) is 5.80. The van der Waals surface area contributed by atoms with Crippen molar-refractivity contribution in [1.82, 2.24) is 4.90 Å². The van der Waals surface area contributed by atoms with Crippen molar-refractivity contribution in [2.75, 3.05) is 19.6 Å². The van der Waals surface area contributed by atoms with E-state index in [0.29, 0.717) is 5.41 Å². The van der Waals surface area contributed by atoms with Crippen LogP contribution in [0.1, 0.15) is 32.1 Å². The summed E-state index contributed by atoms with van der Waals surface area (Å²) in [7, 11) is 0. The van der Waals surface area contributed by atoms with E-state index in [-0.39, 0.29) is 6.54 Å². The number of β-amino-alcohol motifs (C(OH)–C–C–N with tert-alkyl or cyclic N) is 1. The number of hydrogen-bond donors (Lipinski definition) is 1. The van der Waals surface area contributed by atoms with Gasteiger partial charge in [-0.25, -0.2) is 8.78 Å². The van der Waals surface area contributed by atoms with E-state index >= 15 is 0 Å². The van der Waals surface area contributed by atoms with E-state index in [1.54, 1.807) is 0 Å². The van der Waals surface area contributed by atoms with Crippen molar-refractivity contribution in [2.45, 2.75) is 44.6 Å². The van der Waals surface area contributed by atoms with Crippen molar-refractivity contribution in [2.24, 2.45) is 5.41 Å². The second-order valence-electron chi connectivity index (χ2n) is 5.13. The highest BCUT2D eigenvalue weighted by molar-refractivity contribution is 4.96. The van der Waals surface area contributed by atoms with Crippen LogP contribution in [0.4, 0.5) is 8.78 Å². The Morgan fingerprint density at radius 1 is 1.13 bits per heavy atom. The van der Waals surface area contributed by atoms with Crippen LogP contribution in [0, 0.1) is 5.41 Å². The average Bonchev–Trinajstić information content (AvgIpc) is 2.16. The fraction of sp³-hybridized carbons (Fsp3) is 1.00. The molecule has 88 valence electrons. The fourth-order valence-corrected chi connectivity index (χ4v) is 2.99. The van der Waals surface area contributed by atoms with E-state index in [1.165, 1.54) is 32.1 Å². The molecule has 4 heteroatoms. The molecule has 1 spiro atoms. The summed E-state index contributed by atoms with van der Waals surface area (Å²) in [6.07, 6.45) is 2.30. The number of halogens is 2. The highest BCUT2D eigenvalue weighted by Gasteiger charge is 2.43. The molecule has 1 saturated carbocycles. The van der Waals surface area contributed by atoms with Crippen LogP contribution in [0.5, 0.6) is 0 Å². The van der Waals surface area contributed by atoms with Gasteiger partial charge in [-0.15, -0.1) is 0 Å². The van der Waals surface area contributed by atoms with Crippen LogP contribution >= 0.6 is 0 Å². The van der Waals surface area contributed by atoms with E-state index in [0.717, 1.165) is 13.1 Å². The van der Waals surface area contributed by atoms with Crippen LogP contribution in [0.2, 0.25) is 0 Å². The maximum absolute atomic E-state index is 12.1. The maximum atomic E-state index is 12.1. The Hall–Kier alpha value is -0.220. The molecule has 1 saturated heterocycles. The molecule has 0 aromatic heterocycles. The van der Waals surface area contributed by atoms with Gasteiger partial charge in [0.05, 0.1) is 0 Å². The molecule has 0 aromatic carbocycles. The molecule has 1 heterocycles. The Balaban J connectivity index is 1.72. The molecule has 2 rings (SSSR count). The van der Waals surface area contributed by atoms with Crippen molar-refractivity contribution in [1.29, 1.82) is 0 Å². The van der Waals surface area contributed by atoms with Crippen molar-refractivity contribution in [3.63, 3.8) is 0 Å². The molecule has 0 bridgehead atoms. The first-order chi connectivity index (χ1) is 7.11. The number of aliphatic hydroxyl groups is 1. The summed E-state index contributed by atoms with van der Waals surface area (Å²) in [5, 5.41) is 9.06. The van der Waals surface area contributed by atoms with Crippen molar-refractivity contribution in [3.05, 3.63) is 0 Å². The minimum Gasteiger partial charge on any atom is -0.386 e. The normalized spacial score (nSPS) is 28.0. The third kappa shape index (κ3) is 2.48. The molecule has 2 aliphatic rings. The second kappa shape index (κ2) is 4.34. The molecule has 1 N–H and O–H groups in total. The van der Waals surface area contributed by atoms with Crippen LogP contribution in [-0.4, -0.2) is 42.2 Å². The van der Waals surface area contributed by atoms with Gasteiger partial charge in [0.2, 0.25) is 0 Å². The van der Waals surface area contributed by atoms with E-state index in [4.69, 9.17) is 5.11 Å². The molecule has 0 amide bonds. The highest BCUT2D eigenvalue weighted by Crippen LogP contribution is 2.43. The van der Waals surface area contributed by atoms with Gasteiger partial charge in [-0.3, -0.25) is 4.90 Å². The van der Waals surface area contributed by atoms with Gasteiger partial charge in [-0.1, -0.05) is 19.3 Å². The summed E-state index contributed by atoms with van der Waals surface area (Å²) in [5.41, 5.74) is 0.417. The summed E-state index contributed by atoms with van der Waals surface area (Å²) in [6, 6.07) is 0. The number of hydrogen-bond acceptors (Lipinski definition) is 2. The molecular formula is C11H19F2NO. The monoisotopic (exact) mass is 219 g/mol. The van der Waals surface area contributed by atoms with Crippen LogP contribution in [0.25, 0.3) is 0 Å². The zero-order chi connectivity index (χ0) is 10.9. The number of aliphatic hydroxyl groups excluding tert-OH is 1. The molecule has 1 unspecified atom stereocenters. The van der Waals surface area contributed by atoms with Crippen LogP contribution in [-0.2, 0) is 0 Å². The van der Waals surface area contributed by atoms with Crippen molar-refractivity contribution < 1.29 is 13.9 Å². The number of alkyl halides is 2. The topological polar surface area (TPSA) is 23.5 Å². The molecule has 1 aliphatic heterocycles. The molecule has 1 atom stereocenters. The predicted octanol–water partition coefficient (Wildman–Crippen LogP) is 1.88. The van der Waals surface area contributed by atoms with Gasteiger partial charge in [-0.2, -0.15) is 0 Å². The molecule has 15 heavy (non-hydrogen) atoms. The van der Waals surface area contributed by atoms with Crippen molar-refractivity contribution in [3.8, 4) is 0 Å². The van der Waals surface area contributed by atoms with Gasteiger partial charge in [0.1, 0.15) is 6.10 Å². The summed E-state index contributed by atoms with van der Waals surface area (Å²) < 4.78 is 24.2. The third-order valence-electron chi connectivity index (χ3n) is 3.77. The number of rotatable bonds is 3. The molecule has 2 nitrogen and oxygen atoms in total. The van der Waals surface area contributed by atoms with Crippen LogP contribution < -0.4 is 0 Å². The Labute approximate surface area is 89.3 Å². The van der Waals surface area contributed by atoms with Gasteiger partial charge in [0.15, 0.2) is 0 Å². The zero-order valence-corrected chi connectivity index (χ0v) is 8.96. The largest absolute Gasteiger partial charge is 0.386 e. The first kappa shape index (κ1) is 11.3. The number of nitrogens with zero attached hydrogens (tertiary/aromatic N) is 1. The Morgan fingerprint density at radius 2 is 1.73 bits per heavy atom. The SMILES string of the molecule is OC(CN1CC2(CCCCC2)C1)C(F)F. The Bertz CT molecular complexity index is 209. The standard InChI is InChI=1S/C11H19F2NO/c12-10(13)9(15)6-14-7-11(8-14)4-2-1-3-5-11/h9-10,15H,1-8H2. The summed E-state index contributed by atoms with van der Waals surface area (Å²) in [6.45, 7) is 1.97. The number of likely N-dealkylation sites (tertiary alicyclic amines) is 1. The molecule has 1 aliphatic carbocycles. The predicted molar refractivity (Wildman–Crippen MR) is 54.0 cm³/mol. The fourth-order valence-electron chi connectivity index (χ4n) is 2.99. The minimum absolute atomic E-state index is 0.138. The first-order valence-corrected chi connectivity index (χ1v) is 5.80. The van der Waals surface area contributed by atoms with E-state index in [1.807, 2.05) is 4.90 Å². The summed E-state index contributed by atoms with van der Waals surface area (Å²) in [5.74, 6) is 0. The lowest BCUT2D eigenvalue weighted by Gasteiger charge is -2.53. The Kier molecular flexibility index (Phi) is 3.26. The second-order valence-corrected chi connectivity index (χ2v) is 5.13. The highest BCUT2D eigenvalue weighted by atomic mass is 19.3. The molecule has 2 fully saturated rings.